The SMILES string of the molecule is Cc1ccccc1OC[C@@H]1CCCN(C(=O)c2snnc2C)C1. The molecular formula is C17H21N3O2S. The number of aromatic nitrogens is 2. The molecule has 5 nitrogen and oxygen atoms in total. The fraction of sp³-hybridized carbons (Fsp3) is 0.471. The summed E-state index contributed by atoms with van der Waals surface area (Å²) in [6.07, 6.45) is 2.11. The van der Waals surface area contributed by atoms with Gasteiger partial charge in [-0.25, -0.2) is 0 Å². The van der Waals surface area contributed by atoms with E-state index < -0.39 is 0 Å². The standard InChI is InChI=1S/C17H21N3O2S/c1-12-6-3-4-8-15(12)22-11-14-7-5-9-20(10-14)17(21)16-13(2)18-19-23-16/h3-4,6,8,14H,5,7,9-11H2,1-2H3/t14-/m1/s1. The Hall–Kier alpha value is -1.95. The molecule has 0 spiro atoms. The van der Waals surface area contributed by atoms with Crippen LogP contribution >= 0.6 is 11.5 Å². The number of hydrogen-bond donors (Lipinski definition) is 0. The van der Waals surface area contributed by atoms with Crippen molar-refractivity contribution < 1.29 is 9.53 Å². The fourth-order valence-corrected chi connectivity index (χ4v) is 3.51. The van der Waals surface area contributed by atoms with Crippen molar-refractivity contribution in [1.82, 2.24) is 14.5 Å². The highest BCUT2D eigenvalue weighted by Gasteiger charge is 2.27. The van der Waals surface area contributed by atoms with Gasteiger partial charge in [0.1, 0.15) is 10.6 Å². The lowest BCUT2D eigenvalue weighted by Crippen LogP contribution is -2.41. The second kappa shape index (κ2) is 7.08. The molecule has 1 aromatic carbocycles. The molecule has 2 aromatic rings. The van der Waals surface area contributed by atoms with Crippen molar-refractivity contribution in [1.29, 1.82) is 0 Å². The smallest absolute Gasteiger partial charge is 0.267 e. The first-order valence-electron chi connectivity index (χ1n) is 7.92. The van der Waals surface area contributed by atoms with Crippen LogP contribution in [0.4, 0.5) is 0 Å². The first kappa shape index (κ1) is 15.9. The summed E-state index contributed by atoms with van der Waals surface area (Å²) in [5.41, 5.74) is 1.86. The first-order chi connectivity index (χ1) is 11.1. The molecule has 6 heteroatoms. The van der Waals surface area contributed by atoms with Crippen molar-refractivity contribution in [3.8, 4) is 5.75 Å². The number of benzene rings is 1. The van der Waals surface area contributed by atoms with Gasteiger partial charge in [0.05, 0.1) is 12.3 Å². The average Bonchev–Trinajstić information content (AvgIpc) is 3.00. The Bertz CT molecular complexity index is 686. The predicted molar refractivity (Wildman–Crippen MR) is 89.9 cm³/mol. The Labute approximate surface area is 140 Å². The summed E-state index contributed by atoms with van der Waals surface area (Å²) in [7, 11) is 0. The largest absolute Gasteiger partial charge is 0.493 e. The van der Waals surface area contributed by atoms with E-state index in [4.69, 9.17) is 4.74 Å². The summed E-state index contributed by atoms with van der Waals surface area (Å²) in [5.74, 6) is 1.35. The number of para-hydroxylation sites is 1. The van der Waals surface area contributed by atoms with Gasteiger partial charge in [-0.1, -0.05) is 22.7 Å². The Balaban J connectivity index is 1.59. The molecule has 1 atom stereocenters. The zero-order chi connectivity index (χ0) is 16.2. The molecule has 3 rings (SSSR count). The minimum absolute atomic E-state index is 0.0538. The summed E-state index contributed by atoms with van der Waals surface area (Å²) in [6.45, 7) is 6.07. The van der Waals surface area contributed by atoms with Crippen LogP contribution in [-0.4, -0.2) is 40.1 Å². The van der Waals surface area contributed by atoms with Crippen molar-refractivity contribution in [2.45, 2.75) is 26.7 Å². The third kappa shape index (κ3) is 3.69. The van der Waals surface area contributed by atoms with Gasteiger partial charge in [-0.3, -0.25) is 4.79 Å². The van der Waals surface area contributed by atoms with Crippen molar-refractivity contribution in [2.24, 2.45) is 5.92 Å². The molecule has 23 heavy (non-hydrogen) atoms. The fourth-order valence-electron chi connectivity index (χ4n) is 2.88. The molecule has 0 bridgehead atoms. The highest BCUT2D eigenvalue weighted by Crippen LogP contribution is 2.23. The molecule has 1 amide bonds. The summed E-state index contributed by atoms with van der Waals surface area (Å²) >= 11 is 1.18. The summed E-state index contributed by atoms with van der Waals surface area (Å²) < 4.78 is 9.82. The molecule has 0 radical (unpaired) electrons. The maximum Gasteiger partial charge on any atom is 0.267 e. The zero-order valence-corrected chi connectivity index (χ0v) is 14.3. The number of hydrogen-bond acceptors (Lipinski definition) is 5. The van der Waals surface area contributed by atoms with Gasteiger partial charge in [-0.15, -0.1) is 5.10 Å². The molecule has 2 heterocycles. The molecule has 1 saturated heterocycles. The van der Waals surface area contributed by atoms with Crippen LogP contribution in [0.25, 0.3) is 0 Å². The first-order valence-corrected chi connectivity index (χ1v) is 8.69. The van der Waals surface area contributed by atoms with Gasteiger partial charge in [0.25, 0.3) is 5.91 Å². The Morgan fingerprint density at radius 1 is 1.39 bits per heavy atom. The summed E-state index contributed by atoms with van der Waals surface area (Å²) in [4.78, 5) is 15.1. The molecule has 1 aliphatic heterocycles. The van der Waals surface area contributed by atoms with Crippen LogP contribution in [-0.2, 0) is 0 Å². The van der Waals surface area contributed by atoms with E-state index in [0.29, 0.717) is 17.4 Å². The highest BCUT2D eigenvalue weighted by atomic mass is 32.1. The van der Waals surface area contributed by atoms with Crippen LogP contribution in [0.3, 0.4) is 0 Å². The van der Waals surface area contributed by atoms with Gasteiger partial charge in [0, 0.05) is 19.0 Å². The molecule has 0 saturated carbocycles. The lowest BCUT2D eigenvalue weighted by atomic mass is 9.98. The second-order valence-electron chi connectivity index (χ2n) is 6.02. The third-order valence-corrected chi connectivity index (χ3v) is 5.04. The van der Waals surface area contributed by atoms with Gasteiger partial charge >= 0.3 is 0 Å². The molecule has 122 valence electrons. The molecule has 1 aliphatic rings. The van der Waals surface area contributed by atoms with Gasteiger partial charge in [0.15, 0.2) is 0 Å². The molecule has 0 aliphatic carbocycles. The van der Waals surface area contributed by atoms with E-state index in [1.165, 1.54) is 11.5 Å². The number of amides is 1. The molecule has 0 unspecified atom stereocenters. The number of ether oxygens (including phenoxy) is 1. The summed E-state index contributed by atoms with van der Waals surface area (Å²) in [6, 6.07) is 8.03. The van der Waals surface area contributed by atoms with E-state index in [-0.39, 0.29) is 5.91 Å². The van der Waals surface area contributed by atoms with Gasteiger partial charge in [-0.05, 0) is 49.9 Å². The Morgan fingerprint density at radius 3 is 2.96 bits per heavy atom. The number of carbonyl (C=O) groups excluding carboxylic acids is 1. The monoisotopic (exact) mass is 331 g/mol. The third-order valence-electron chi connectivity index (χ3n) is 4.22. The van der Waals surface area contributed by atoms with Crippen LogP contribution < -0.4 is 4.74 Å². The molecular weight excluding hydrogens is 310 g/mol. The minimum atomic E-state index is 0.0538. The number of carbonyl (C=O) groups is 1. The number of likely N-dealkylation sites (tertiary alicyclic amines) is 1. The minimum Gasteiger partial charge on any atom is -0.493 e. The average molecular weight is 331 g/mol. The van der Waals surface area contributed by atoms with E-state index in [9.17, 15) is 4.79 Å². The van der Waals surface area contributed by atoms with Gasteiger partial charge in [-0.2, -0.15) is 0 Å². The topological polar surface area (TPSA) is 55.3 Å². The predicted octanol–water partition coefficient (Wildman–Crippen LogP) is 3.09. The number of nitrogens with zero attached hydrogens (tertiary/aromatic N) is 3. The van der Waals surface area contributed by atoms with Crippen molar-refractivity contribution >= 4 is 17.4 Å². The maximum absolute atomic E-state index is 12.6. The van der Waals surface area contributed by atoms with E-state index in [1.54, 1.807) is 0 Å². The Kier molecular flexibility index (Phi) is 4.91. The quantitative estimate of drug-likeness (QED) is 0.864. The Morgan fingerprint density at radius 2 is 2.22 bits per heavy atom. The summed E-state index contributed by atoms with van der Waals surface area (Å²) in [5, 5.41) is 3.93. The van der Waals surface area contributed by atoms with E-state index >= 15 is 0 Å². The van der Waals surface area contributed by atoms with Crippen LogP contribution in [0.2, 0.25) is 0 Å². The van der Waals surface area contributed by atoms with E-state index in [1.807, 2.05) is 43.0 Å². The maximum atomic E-state index is 12.6. The van der Waals surface area contributed by atoms with E-state index in [2.05, 4.69) is 9.59 Å². The molecule has 1 fully saturated rings. The molecule has 0 N–H and O–H groups in total. The van der Waals surface area contributed by atoms with Crippen molar-refractivity contribution in [3.63, 3.8) is 0 Å². The zero-order valence-electron chi connectivity index (χ0n) is 13.5. The normalized spacial score (nSPS) is 18.0. The van der Waals surface area contributed by atoms with Crippen molar-refractivity contribution in [2.75, 3.05) is 19.7 Å². The molecule has 1 aromatic heterocycles. The van der Waals surface area contributed by atoms with Crippen LogP contribution in [0.15, 0.2) is 24.3 Å². The lowest BCUT2D eigenvalue weighted by Gasteiger charge is -2.32. The van der Waals surface area contributed by atoms with Crippen LogP contribution in [0.1, 0.15) is 33.8 Å². The second-order valence-corrected chi connectivity index (χ2v) is 6.78. The number of piperidine rings is 1. The lowest BCUT2D eigenvalue weighted by molar-refractivity contribution is 0.0637. The number of aryl methyl sites for hydroxylation is 2. The van der Waals surface area contributed by atoms with Gasteiger partial charge in [0.2, 0.25) is 0 Å². The number of rotatable bonds is 4. The van der Waals surface area contributed by atoms with E-state index in [0.717, 1.165) is 42.9 Å². The van der Waals surface area contributed by atoms with Crippen molar-refractivity contribution in [3.05, 3.63) is 40.4 Å². The van der Waals surface area contributed by atoms with Gasteiger partial charge < -0.3 is 9.64 Å². The van der Waals surface area contributed by atoms with Crippen LogP contribution in [0, 0.1) is 19.8 Å². The van der Waals surface area contributed by atoms with Crippen LogP contribution in [0.5, 0.6) is 5.75 Å². The highest BCUT2D eigenvalue weighted by molar-refractivity contribution is 7.07.